The van der Waals surface area contributed by atoms with E-state index in [1.54, 1.807) is 38.1 Å². The SMILES string of the molecule is CO[C@@H]1[C@@H](OC(N)=O)[C@H](O)C(Oc2cccc3ccc(=O)oc23)OC1(C)C. The number of aliphatic hydroxyl groups is 1. The van der Waals surface area contributed by atoms with Crippen LogP contribution in [0.2, 0.25) is 0 Å². The summed E-state index contributed by atoms with van der Waals surface area (Å²) in [6, 6.07) is 7.90. The Bertz CT molecular complexity index is 892. The molecule has 1 aliphatic heterocycles. The minimum absolute atomic E-state index is 0.193. The average Bonchev–Trinajstić information content (AvgIpc) is 2.59. The maximum absolute atomic E-state index is 11.6. The van der Waals surface area contributed by atoms with E-state index in [1.807, 2.05) is 0 Å². The van der Waals surface area contributed by atoms with Gasteiger partial charge in [0, 0.05) is 18.6 Å². The first-order valence-corrected chi connectivity index (χ1v) is 8.27. The first kappa shape index (κ1) is 19.2. The number of fused-ring (bicyclic) bond motifs is 1. The van der Waals surface area contributed by atoms with Crippen LogP contribution >= 0.6 is 0 Å². The summed E-state index contributed by atoms with van der Waals surface area (Å²) in [4.78, 5) is 22.8. The molecule has 2 aromatic rings. The van der Waals surface area contributed by atoms with Gasteiger partial charge in [-0.3, -0.25) is 0 Å². The summed E-state index contributed by atoms with van der Waals surface area (Å²) in [6.45, 7) is 3.40. The van der Waals surface area contributed by atoms with Crippen LogP contribution in [0.4, 0.5) is 4.79 Å². The van der Waals surface area contributed by atoms with Crippen molar-refractivity contribution in [2.24, 2.45) is 5.73 Å². The molecule has 1 amide bonds. The summed E-state index contributed by atoms with van der Waals surface area (Å²) < 4.78 is 27.2. The van der Waals surface area contributed by atoms with Gasteiger partial charge in [-0.15, -0.1) is 0 Å². The van der Waals surface area contributed by atoms with E-state index in [9.17, 15) is 14.7 Å². The van der Waals surface area contributed by atoms with E-state index in [4.69, 9.17) is 29.1 Å². The highest BCUT2D eigenvalue weighted by atomic mass is 16.7. The van der Waals surface area contributed by atoms with Gasteiger partial charge in [-0.2, -0.15) is 0 Å². The lowest BCUT2D eigenvalue weighted by molar-refractivity contribution is -0.304. The van der Waals surface area contributed by atoms with Crippen molar-refractivity contribution in [1.82, 2.24) is 0 Å². The molecule has 1 saturated heterocycles. The van der Waals surface area contributed by atoms with Crippen LogP contribution in [0.5, 0.6) is 5.75 Å². The smallest absolute Gasteiger partial charge is 0.404 e. The number of aliphatic hydroxyl groups excluding tert-OH is 1. The molecular weight excluding hydrogens is 358 g/mol. The van der Waals surface area contributed by atoms with Crippen LogP contribution in [0.3, 0.4) is 0 Å². The van der Waals surface area contributed by atoms with E-state index >= 15 is 0 Å². The van der Waals surface area contributed by atoms with E-state index < -0.39 is 41.9 Å². The highest BCUT2D eigenvalue weighted by Crippen LogP contribution is 2.35. The van der Waals surface area contributed by atoms with Gasteiger partial charge in [-0.05, 0) is 26.0 Å². The van der Waals surface area contributed by atoms with Gasteiger partial charge in [0.15, 0.2) is 23.5 Å². The zero-order valence-corrected chi connectivity index (χ0v) is 15.1. The molecule has 1 aromatic heterocycles. The molecule has 1 aromatic carbocycles. The van der Waals surface area contributed by atoms with Crippen LogP contribution in [0.1, 0.15) is 13.8 Å². The van der Waals surface area contributed by atoms with E-state index in [0.29, 0.717) is 5.39 Å². The zero-order valence-electron chi connectivity index (χ0n) is 15.1. The number of rotatable bonds is 4. The first-order valence-electron chi connectivity index (χ1n) is 8.27. The largest absolute Gasteiger partial charge is 0.458 e. The summed E-state index contributed by atoms with van der Waals surface area (Å²) in [7, 11) is 1.40. The summed E-state index contributed by atoms with van der Waals surface area (Å²) in [6.07, 6.45) is -5.60. The highest BCUT2D eigenvalue weighted by molar-refractivity contribution is 5.82. The third-order valence-electron chi connectivity index (χ3n) is 4.38. The molecule has 1 fully saturated rings. The lowest BCUT2D eigenvalue weighted by Crippen LogP contribution is -2.65. The average molecular weight is 379 g/mol. The molecule has 1 unspecified atom stereocenters. The standard InChI is InChI=1S/C18H21NO8/c1-18(2)15(23-3)14(26-17(19)22)12(21)16(27-18)24-10-6-4-5-9-7-8-11(20)25-13(9)10/h4-8,12,14-16,21H,1-3H3,(H2,19,22)/t12-,14-,15+,16?/m0/s1. The van der Waals surface area contributed by atoms with Gasteiger partial charge in [0.2, 0.25) is 6.29 Å². The van der Waals surface area contributed by atoms with Crippen molar-refractivity contribution in [3.63, 3.8) is 0 Å². The third-order valence-corrected chi connectivity index (χ3v) is 4.38. The molecule has 3 rings (SSSR count). The predicted molar refractivity (Wildman–Crippen MR) is 93.3 cm³/mol. The summed E-state index contributed by atoms with van der Waals surface area (Å²) in [5.41, 5.74) is 3.80. The Morgan fingerprint density at radius 2 is 2.00 bits per heavy atom. The highest BCUT2D eigenvalue weighted by Gasteiger charge is 2.53. The number of benzene rings is 1. The van der Waals surface area contributed by atoms with E-state index in [0.717, 1.165) is 0 Å². The molecule has 27 heavy (non-hydrogen) atoms. The summed E-state index contributed by atoms with van der Waals surface area (Å²) >= 11 is 0. The number of nitrogens with two attached hydrogens (primary N) is 1. The van der Waals surface area contributed by atoms with Crippen molar-refractivity contribution in [3.05, 3.63) is 40.8 Å². The number of methoxy groups -OCH3 is 1. The first-order chi connectivity index (χ1) is 12.7. The van der Waals surface area contributed by atoms with Crippen molar-refractivity contribution >= 4 is 17.1 Å². The van der Waals surface area contributed by atoms with Gasteiger partial charge < -0.3 is 34.2 Å². The molecule has 9 heteroatoms. The fourth-order valence-electron chi connectivity index (χ4n) is 3.23. The summed E-state index contributed by atoms with van der Waals surface area (Å²) in [5.74, 6) is 0.193. The fourth-order valence-corrected chi connectivity index (χ4v) is 3.23. The van der Waals surface area contributed by atoms with E-state index in [2.05, 4.69) is 0 Å². The number of ether oxygens (including phenoxy) is 4. The van der Waals surface area contributed by atoms with Crippen molar-refractivity contribution in [2.75, 3.05) is 7.11 Å². The molecule has 146 valence electrons. The third kappa shape index (κ3) is 3.75. The number of amides is 1. The molecule has 0 bridgehead atoms. The Labute approximate surface area is 154 Å². The minimum Gasteiger partial charge on any atom is -0.458 e. The van der Waals surface area contributed by atoms with Crippen molar-refractivity contribution in [3.8, 4) is 5.75 Å². The molecule has 0 aliphatic carbocycles. The number of para-hydroxylation sites is 1. The van der Waals surface area contributed by atoms with Crippen molar-refractivity contribution in [1.29, 1.82) is 0 Å². The van der Waals surface area contributed by atoms with Gasteiger partial charge >= 0.3 is 11.7 Å². The second-order valence-corrected chi connectivity index (χ2v) is 6.68. The second kappa shape index (κ2) is 7.18. The minimum atomic E-state index is -1.40. The van der Waals surface area contributed by atoms with E-state index in [-0.39, 0.29) is 11.3 Å². The zero-order chi connectivity index (χ0) is 19.8. The summed E-state index contributed by atoms with van der Waals surface area (Å²) in [5, 5.41) is 11.3. The quantitative estimate of drug-likeness (QED) is 0.757. The van der Waals surface area contributed by atoms with Crippen LogP contribution in [0.25, 0.3) is 11.0 Å². The monoisotopic (exact) mass is 379 g/mol. The van der Waals surface area contributed by atoms with Gasteiger partial charge in [-0.25, -0.2) is 9.59 Å². The predicted octanol–water partition coefficient (Wildman–Crippen LogP) is 1.15. The maximum Gasteiger partial charge on any atom is 0.404 e. The molecular formula is C18H21NO8. The maximum atomic E-state index is 11.6. The molecule has 9 nitrogen and oxygen atoms in total. The van der Waals surface area contributed by atoms with Crippen LogP contribution in [-0.2, 0) is 14.2 Å². The fraction of sp³-hybridized carbons (Fsp3) is 0.444. The molecule has 0 saturated carbocycles. The molecule has 2 heterocycles. The topological polar surface area (TPSA) is 130 Å². The number of primary amides is 1. The molecule has 4 atom stereocenters. The molecule has 1 aliphatic rings. The van der Waals surface area contributed by atoms with E-state index in [1.165, 1.54) is 13.2 Å². The number of hydrogen-bond acceptors (Lipinski definition) is 8. The van der Waals surface area contributed by atoms with Crippen molar-refractivity contribution in [2.45, 2.75) is 44.1 Å². The Morgan fingerprint density at radius 3 is 2.67 bits per heavy atom. The number of carbonyl (C=O) groups excluding carboxylic acids is 1. The Balaban J connectivity index is 1.96. The van der Waals surface area contributed by atoms with Crippen LogP contribution in [-0.4, -0.2) is 48.5 Å². The van der Waals surface area contributed by atoms with Gasteiger partial charge in [0.05, 0.1) is 5.60 Å². The lowest BCUT2D eigenvalue weighted by atomic mass is 9.89. The van der Waals surface area contributed by atoms with Crippen molar-refractivity contribution < 1.29 is 33.3 Å². The number of hydrogen-bond donors (Lipinski definition) is 2. The Hall–Kier alpha value is -2.62. The molecule has 0 spiro atoms. The van der Waals surface area contributed by atoms with Crippen LogP contribution < -0.4 is 16.1 Å². The molecule has 3 N–H and O–H groups in total. The van der Waals surface area contributed by atoms with Crippen LogP contribution in [0.15, 0.2) is 39.5 Å². The second-order valence-electron chi connectivity index (χ2n) is 6.68. The normalized spacial score (nSPS) is 27.3. The Kier molecular flexibility index (Phi) is 5.09. The lowest BCUT2D eigenvalue weighted by Gasteiger charge is -2.47. The van der Waals surface area contributed by atoms with Crippen LogP contribution in [0, 0.1) is 0 Å². The number of carbonyl (C=O) groups is 1. The molecule has 0 radical (unpaired) electrons. The Morgan fingerprint density at radius 1 is 1.26 bits per heavy atom. The van der Waals surface area contributed by atoms with Gasteiger partial charge in [-0.1, -0.05) is 12.1 Å². The van der Waals surface area contributed by atoms with Gasteiger partial charge in [0.25, 0.3) is 0 Å². The van der Waals surface area contributed by atoms with Gasteiger partial charge in [0.1, 0.15) is 6.10 Å².